The molecule has 3 nitrogen and oxygen atoms in total. The van der Waals surface area contributed by atoms with Crippen molar-refractivity contribution in [3.8, 4) is 0 Å². The second kappa shape index (κ2) is 8.35. The highest BCUT2D eigenvalue weighted by molar-refractivity contribution is 5.16. The zero-order chi connectivity index (χ0) is 15.1. The second-order valence-electron chi connectivity index (χ2n) is 5.64. The van der Waals surface area contributed by atoms with Gasteiger partial charge >= 0.3 is 0 Å². The van der Waals surface area contributed by atoms with Crippen molar-refractivity contribution in [2.45, 2.75) is 52.5 Å². The van der Waals surface area contributed by atoms with Crippen LogP contribution in [0.5, 0.6) is 0 Å². The summed E-state index contributed by atoms with van der Waals surface area (Å²) in [7, 11) is 0. The minimum absolute atomic E-state index is 0.188. The van der Waals surface area contributed by atoms with Crippen LogP contribution < -0.4 is 0 Å². The molecule has 1 aromatic rings. The Morgan fingerprint density at radius 1 is 1.15 bits per heavy atom. The predicted octanol–water partition coefficient (Wildman–Crippen LogP) is 2.82. The maximum Gasteiger partial charge on any atom is 0.128 e. The molecule has 0 saturated heterocycles. The first-order valence-corrected chi connectivity index (χ1v) is 7.16. The number of ether oxygens (including phenoxy) is 1. The van der Waals surface area contributed by atoms with Crippen LogP contribution >= 0.6 is 0 Å². The van der Waals surface area contributed by atoms with Crippen LogP contribution in [0.15, 0.2) is 24.3 Å². The van der Waals surface area contributed by atoms with Crippen LogP contribution in [0, 0.1) is 5.82 Å². The van der Waals surface area contributed by atoms with Crippen molar-refractivity contribution in [2.75, 3.05) is 13.2 Å². The summed E-state index contributed by atoms with van der Waals surface area (Å²) in [6.45, 7) is 9.38. The highest BCUT2D eigenvalue weighted by Crippen LogP contribution is 2.09. The van der Waals surface area contributed by atoms with Crippen LogP contribution in [0.4, 0.5) is 4.39 Å². The Bertz CT molecular complexity index is 388. The summed E-state index contributed by atoms with van der Waals surface area (Å²) in [5.41, 5.74) is 0.518. The highest BCUT2D eigenvalue weighted by Gasteiger charge is 2.17. The van der Waals surface area contributed by atoms with E-state index in [0.717, 1.165) is 0 Å². The Kier molecular flexibility index (Phi) is 7.13. The fourth-order valence-electron chi connectivity index (χ4n) is 2.23. The molecule has 1 N–H and O–H groups in total. The first-order chi connectivity index (χ1) is 9.41. The molecule has 0 aromatic heterocycles. The van der Waals surface area contributed by atoms with Gasteiger partial charge in [-0.15, -0.1) is 0 Å². The zero-order valence-electron chi connectivity index (χ0n) is 12.8. The predicted molar refractivity (Wildman–Crippen MR) is 79.0 cm³/mol. The van der Waals surface area contributed by atoms with Crippen LogP contribution in [0.1, 0.15) is 33.3 Å². The van der Waals surface area contributed by atoms with Crippen molar-refractivity contribution in [1.29, 1.82) is 0 Å². The Labute approximate surface area is 121 Å². The molecule has 0 spiro atoms. The lowest BCUT2D eigenvalue weighted by atomic mass is 10.2. The maximum atomic E-state index is 13.4. The maximum absolute atomic E-state index is 13.4. The van der Waals surface area contributed by atoms with Gasteiger partial charge in [0.05, 0.1) is 19.3 Å². The van der Waals surface area contributed by atoms with Crippen molar-refractivity contribution in [3.63, 3.8) is 0 Å². The Hall–Kier alpha value is -0.970. The van der Waals surface area contributed by atoms with Gasteiger partial charge in [-0.1, -0.05) is 18.2 Å². The minimum Gasteiger partial charge on any atom is -0.389 e. The molecule has 0 amide bonds. The number of aliphatic hydroxyl groups is 1. The van der Waals surface area contributed by atoms with Gasteiger partial charge in [0.1, 0.15) is 5.82 Å². The number of nitrogens with zero attached hydrogens (tertiary/aromatic N) is 1. The Morgan fingerprint density at radius 2 is 1.75 bits per heavy atom. The van der Waals surface area contributed by atoms with Crippen molar-refractivity contribution in [2.24, 2.45) is 0 Å². The molecule has 1 atom stereocenters. The van der Waals surface area contributed by atoms with Gasteiger partial charge in [0.2, 0.25) is 0 Å². The number of hydrogen-bond donors (Lipinski definition) is 1. The quantitative estimate of drug-likeness (QED) is 0.796. The van der Waals surface area contributed by atoms with Gasteiger partial charge in [-0.05, 0) is 33.8 Å². The molecule has 1 rings (SSSR count). The largest absolute Gasteiger partial charge is 0.389 e. The first-order valence-electron chi connectivity index (χ1n) is 7.16. The molecule has 4 heteroatoms. The first kappa shape index (κ1) is 17.1. The number of hydrogen-bond acceptors (Lipinski definition) is 3. The van der Waals surface area contributed by atoms with Gasteiger partial charge in [-0.3, -0.25) is 4.90 Å². The number of benzene rings is 1. The molecule has 0 bridgehead atoms. The summed E-state index contributed by atoms with van der Waals surface area (Å²) in [6.07, 6.45) is -0.563. The van der Waals surface area contributed by atoms with E-state index in [1.807, 2.05) is 0 Å². The lowest BCUT2D eigenvalue weighted by molar-refractivity contribution is -0.00219. The highest BCUT2D eigenvalue weighted by atomic mass is 19.1. The number of rotatable bonds is 8. The van der Waals surface area contributed by atoms with Gasteiger partial charge < -0.3 is 9.84 Å². The van der Waals surface area contributed by atoms with E-state index in [9.17, 15) is 9.50 Å². The van der Waals surface area contributed by atoms with E-state index in [4.69, 9.17) is 4.74 Å². The third-order valence-electron chi connectivity index (χ3n) is 3.27. The van der Waals surface area contributed by atoms with Gasteiger partial charge in [-0.25, -0.2) is 4.39 Å². The van der Waals surface area contributed by atoms with E-state index in [2.05, 4.69) is 32.6 Å². The van der Waals surface area contributed by atoms with Crippen molar-refractivity contribution in [3.05, 3.63) is 35.6 Å². The smallest absolute Gasteiger partial charge is 0.128 e. The average molecular weight is 283 g/mol. The molecule has 0 aliphatic carbocycles. The lowest BCUT2D eigenvalue weighted by Crippen LogP contribution is -2.43. The SMILES string of the molecule is CC(C)N(CC(O)COCc1ccccc1F)C(C)C. The van der Waals surface area contributed by atoms with E-state index in [0.29, 0.717) is 24.2 Å². The summed E-state index contributed by atoms with van der Waals surface area (Å²) < 4.78 is 18.8. The van der Waals surface area contributed by atoms with Gasteiger partial charge in [0.25, 0.3) is 0 Å². The summed E-state index contributed by atoms with van der Waals surface area (Å²) >= 11 is 0. The van der Waals surface area contributed by atoms with Crippen LogP contribution in [-0.2, 0) is 11.3 Å². The van der Waals surface area contributed by atoms with Gasteiger partial charge in [0.15, 0.2) is 0 Å². The van der Waals surface area contributed by atoms with E-state index in [1.165, 1.54) is 6.07 Å². The van der Waals surface area contributed by atoms with Gasteiger partial charge in [-0.2, -0.15) is 0 Å². The molecular weight excluding hydrogens is 257 g/mol. The molecule has 20 heavy (non-hydrogen) atoms. The lowest BCUT2D eigenvalue weighted by Gasteiger charge is -2.32. The molecule has 1 aromatic carbocycles. The number of aliphatic hydroxyl groups excluding tert-OH is 1. The summed E-state index contributed by atoms with van der Waals surface area (Å²) in [4.78, 5) is 2.21. The molecule has 0 saturated carbocycles. The molecular formula is C16H26FNO2. The second-order valence-corrected chi connectivity index (χ2v) is 5.64. The molecule has 0 heterocycles. The van der Waals surface area contributed by atoms with E-state index >= 15 is 0 Å². The van der Waals surface area contributed by atoms with E-state index < -0.39 is 6.10 Å². The summed E-state index contributed by atoms with van der Waals surface area (Å²) in [5, 5.41) is 10.0. The van der Waals surface area contributed by atoms with Crippen LogP contribution in [-0.4, -0.2) is 41.3 Å². The third-order valence-corrected chi connectivity index (χ3v) is 3.27. The molecule has 0 fully saturated rings. The normalized spacial score (nSPS) is 13.4. The summed E-state index contributed by atoms with van der Waals surface area (Å²) in [6, 6.07) is 7.27. The fourth-order valence-corrected chi connectivity index (χ4v) is 2.23. The number of halogens is 1. The topological polar surface area (TPSA) is 32.7 Å². The van der Waals surface area contributed by atoms with Crippen LogP contribution in [0.3, 0.4) is 0 Å². The van der Waals surface area contributed by atoms with Crippen molar-refractivity contribution >= 4 is 0 Å². The Morgan fingerprint density at radius 3 is 2.30 bits per heavy atom. The molecule has 0 radical (unpaired) electrons. The van der Waals surface area contributed by atoms with Gasteiger partial charge in [0, 0.05) is 24.2 Å². The zero-order valence-corrected chi connectivity index (χ0v) is 12.8. The third kappa shape index (κ3) is 5.57. The standard InChI is InChI=1S/C16H26FNO2/c1-12(2)18(13(3)4)9-15(19)11-20-10-14-7-5-6-8-16(14)17/h5-8,12-13,15,19H,9-11H2,1-4H3. The molecule has 0 aliphatic heterocycles. The molecule has 0 aliphatic rings. The van der Waals surface area contributed by atoms with E-state index in [-0.39, 0.29) is 19.0 Å². The average Bonchev–Trinajstić information content (AvgIpc) is 2.37. The van der Waals surface area contributed by atoms with Crippen molar-refractivity contribution in [1.82, 2.24) is 4.90 Å². The van der Waals surface area contributed by atoms with Crippen LogP contribution in [0.2, 0.25) is 0 Å². The fraction of sp³-hybridized carbons (Fsp3) is 0.625. The monoisotopic (exact) mass is 283 g/mol. The Balaban J connectivity index is 2.36. The molecule has 1 unspecified atom stereocenters. The van der Waals surface area contributed by atoms with Crippen molar-refractivity contribution < 1.29 is 14.2 Å². The summed E-state index contributed by atoms with van der Waals surface area (Å²) in [5.74, 6) is -0.270. The van der Waals surface area contributed by atoms with Crippen LogP contribution in [0.25, 0.3) is 0 Å². The van der Waals surface area contributed by atoms with E-state index in [1.54, 1.807) is 18.2 Å². The minimum atomic E-state index is -0.563. The molecule has 114 valence electrons.